The summed E-state index contributed by atoms with van der Waals surface area (Å²) < 4.78 is 36.7. The van der Waals surface area contributed by atoms with Gasteiger partial charge in [-0.1, -0.05) is 6.07 Å². The Morgan fingerprint density at radius 3 is 2.41 bits per heavy atom. The Balaban J connectivity index is 2.82. The van der Waals surface area contributed by atoms with E-state index in [-0.39, 0.29) is 0 Å². The number of halogens is 3. The Labute approximate surface area is 99.4 Å². The number of nitrogens with zero attached hydrogens (tertiary/aromatic N) is 1. The average molecular weight is 246 g/mol. The number of hydrogen-bond donors (Lipinski definition) is 1. The smallest absolute Gasteiger partial charge is 0.366 e. The van der Waals surface area contributed by atoms with E-state index in [9.17, 15) is 13.2 Å². The molecule has 17 heavy (non-hydrogen) atoms. The fraction of sp³-hybridized carbons (Fsp3) is 0.500. The van der Waals surface area contributed by atoms with Crippen molar-refractivity contribution < 1.29 is 13.2 Å². The predicted octanol–water partition coefficient (Wildman–Crippen LogP) is 2.71. The Hall–Kier alpha value is -1.23. The molecule has 96 valence electrons. The van der Waals surface area contributed by atoms with E-state index in [1.54, 1.807) is 12.1 Å². The second kappa shape index (κ2) is 5.40. The van der Waals surface area contributed by atoms with Crippen LogP contribution in [0.1, 0.15) is 11.1 Å². The molecule has 0 aliphatic carbocycles. The maximum atomic E-state index is 12.2. The lowest BCUT2D eigenvalue weighted by Gasteiger charge is -2.22. The van der Waals surface area contributed by atoms with E-state index >= 15 is 0 Å². The summed E-state index contributed by atoms with van der Waals surface area (Å²) in [6, 6.07) is 5.35. The molecule has 0 aromatic heterocycles. The Morgan fingerprint density at radius 1 is 1.29 bits per heavy atom. The van der Waals surface area contributed by atoms with E-state index in [4.69, 9.17) is 0 Å². The number of anilines is 1. The third kappa shape index (κ3) is 4.26. The number of benzene rings is 1. The standard InChI is InChI=1S/C12H17F3N2/c1-9-6-11(5-4-10(9)7-16-2)17(3)8-12(13,14)15/h4-6,16H,7-8H2,1-3H3. The lowest BCUT2D eigenvalue weighted by atomic mass is 10.1. The number of alkyl halides is 3. The topological polar surface area (TPSA) is 15.3 Å². The second-order valence-corrected chi connectivity index (χ2v) is 4.11. The van der Waals surface area contributed by atoms with E-state index in [1.807, 2.05) is 20.0 Å². The van der Waals surface area contributed by atoms with Crippen molar-refractivity contribution in [2.24, 2.45) is 0 Å². The van der Waals surface area contributed by atoms with E-state index in [1.165, 1.54) is 11.9 Å². The van der Waals surface area contributed by atoms with Crippen LogP contribution in [0.25, 0.3) is 0 Å². The molecule has 1 N–H and O–H groups in total. The average Bonchev–Trinajstić information content (AvgIpc) is 2.18. The minimum atomic E-state index is -4.17. The number of nitrogens with one attached hydrogen (secondary N) is 1. The molecule has 1 aromatic rings. The van der Waals surface area contributed by atoms with Gasteiger partial charge >= 0.3 is 6.18 Å². The lowest BCUT2D eigenvalue weighted by molar-refractivity contribution is -0.119. The van der Waals surface area contributed by atoms with Crippen molar-refractivity contribution in [1.29, 1.82) is 0 Å². The van der Waals surface area contributed by atoms with Crippen LogP contribution in [0.5, 0.6) is 0 Å². The van der Waals surface area contributed by atoms with Crippen molar-refractivity contribution in [3.63, 3.8) is 0 Å². The summed E-state index contributed by atoms with van der Waals surface area (Å²) in [5.41, 5.74) is 2.67. The third-order valence-corrected chi connectivity index (χ3v) is 2.55. The Bertz CT molecular complexity index is 375. The van der Waals surface area contributed by atoms with Crippen LogP contribution in [0.15, 0.2) is 18.2 Å². The van der Waals surface area contributed by atoms with Gasteiger partial charge in [0.2, 0.25) is 0 Å². The highest BCUT2D eigenvalue weighted by Crippen LogP contribution is 2.22. The summed E-state index contributed by atoms with van der Waals surface area (Å²) in [4.78, 5) is 1.20. The van der Waals surface area contributed by atoms with E-state index < -0.39 is 12.7 Å². The zero-order chi connectivity index (χ0) is 13.1. The van der Waals surface area contributed by atoms with Crippen LogP contribution < -0.4 is 10.2 Å². The maximum absolute atomic E-state index is 12.2. The zero-order valence-electron chi connectivity index (χ0n) is 10.2. The van der Waals surface area contributed by atoms with Gasteiger partial charge in [0.1, 0.15) is 6.54 Å². The minimum absolute atomic E-state index is 0.583. The highest BCUT2D eigenvalue weighted by molar-refractivity contribution is 5.50. The van der Waals surface area contributed by atoms with Crippen LogP contribution in [-0.2, 0) is 6.54 Å². The molecular weight excluding hydrogens is 229 g/mol. The van der Waals surface area contributed by atoms with Crippen molar-refractivity contribution in [1.82, 2.24) is 5.32 Å². The fourth-order valence-electron chi connectivity index (χ4n) is 1.67. The molecule has 1 rings (SSSR count). The first-order valence-corrected chi connectivity index (χ1v) is 5.35. The molecule has 0 aliphatic heterocycles. The van der Waals surface area contributed by atoms with Gasteiger partial charge in [-0.05, 0) is 37.2 Å². The molecule has 0 atom stereocenters. The SMILES string of the molecule is CNCc1ccc(N(C)CC(F)(F)F)cc1C. The zero-order valence-corrected chi connectivity index (χ0v) is 10.2. The predicted molar refractivity (Wildman–Crippen MR) is 63.3 cm³/mol. The van der Waals surface area contributed by atoms with Gasteiger partial charge in [0.05, 0.1) is 0 Å². The summed E-state index contributed by atoms with van der Waals surface area (Å²) in [5, 5.41) is 3.02. The Kier molecular flexibility index (Phi) is 4.40. The lowest BCUT2D eigenvalue weighted by Crippen LogP contribution is -2.30. The first kappa shape index (κ1) is 13.8. The van der Waals surface area contributed by atoms with E-state index in [0.29, 0.717) is 5.69 Å². The van der Waals surface area contributed by atoms with Crippen LogP contribution in [0.2, 0.25) is 0 Å². The molecule has 0 amide bonds. The van der Waals surface area contributed by atoms with Gasteiger partial charge in [-0.15, -0.1) is 0 Å². The van der Waals surface area contributed by atoms with Gasteiger partial charge in [0.15, 0.2) is 0 Å². The van der Waals surface area contributed by atoms with Crippen molar-refractivity contribution in [3.8, 4) is 0 Å². The van der Waals surface area contributed by atoms with Gasteiger partial charge in [-0.2, -0.15) is 13.2 Å². The second-order valence-electron chi connectivity index (χ2n) is 4.11. The summed E-state index contributed by atoms with van der Waals surface area (Å²) in [6.45, 7) is 1.69. The van der Waals surface area contributed by atoms with Crippen LogP contribution in [0.3, 0.4) is 0 Å². The van der Waals surface area contributed by atoms with Crippen LogP contribution in [0.4, 0.5) is 18.9 Å². The first-order chi connectivity index (χ1) is 7.83. The fourth-order valence-corrected chi connectivity index (χ4v) is 1.67. The molecule has 2 nitrogen and oxygen atoms in total. The number of hydrogen-bond acceptors (Lipinski definition) is 2. The number of aryl methyl sites for hydroxylation is 1. The molecule has 0 unspecified atom stereocenters. The highest BCUT2D eigenvalue weighted by atomic mass is 19.4. The normalized spacial score (nSPS) is 11.6. The van der Waals surface area contributed by atoms with Crippen LogP contribution in [0, 0.1) is 6.92 Å². The third-order valence-electron chi connectivity index (χ3n) is 2.55. The molecule has 0 saturated heterocycles. The molecule has 0 saturated carbocycles. The molecule has 0 radical (unpaired) electrons. The van der Waals surface area contributed by atoms with Crippen LogP contribution >= 0.6 is 0 Å². The summed E-state index contributed by atoms with van der Waals surface area (Å²) in [5.74, 6) is 0. The minimum Gasteiger partial charge on any atom is -0.366 e. The van der Waals surface area contributed by atoms with Gasteiger partial charge in [-0.3, -0.25) is 0 Å². The number of rotatable bonds is 4. The monoisotopic (exact) mass is 246 g/mol. The van der Waals surface area contributed by atoms with Gasteiger partial charge < -0.3 is 10.2 Å². The van der Waals surface area contributed by atoms with Crippen molar-refractivity contribution in [2.45, 2.75) is 19.6 Å². The van der Waals surface area contributed by atoms with Gasteiger partial charge in [-0.25, -0.2) is 0 Å². The molecule has 0 aliphatic rings. The molecule has 0 bridgehead atoms. The summed E-state index contributed by atoms with van der Waals surface area (Å²) >= 11 is 0. The maximum Gasteiger partial charge on any atom is 0.405 e. The van der Waals surface area contributed by atoms with Crippen LogP contribution in [-0.4, -0.2) is 26.8 Å². The van der Waals surface area contributed by atoms with Crippen molar-refractivity contribution in [2.75, 3.05) is 25.5 Å². The molecule has 0 heterocycles. The molecule has 0 fully saturated rings. The molecule has 0 spiro atoms. The van der Waals surface area contributed by atoms with Crippen molar-refractivity contribution >= 4 is 5.69 Å². The Morgan fingerprint density at radius 2 is 1.94 bits per heavy atom. The van der Waals surface area contributed by atoms with Gasteiger partial charge in [0.25, 0.3) is 0 Å². The molecule has 5 heteroatoms. The highest BCUT2D eigenvalue weighted by Gasteiger charge is 2.29. The first-order valence-electron chi connectivity index (χ1n) is 5.35. The van der Waals surface area contributed by atoms with Gasteiger partial charge in [0, 0.05) is 19.3 Å². The molecule has 1 aromatic carbocycles. The molecular formula is C12H17F3N2. The largest absolute Gasteiger partial charge is 0.405 e. The van der Waals surface area contributed by atoms with E-state index in [0.717, 1.165) is 17.7 Å². The quantitative estimate of drug-likeness (QED) is 0.878. The summed E-state index contributed by atoms with van der Waals surface area (Å²) in [7, 11) is 3.28. The van der Waals surface area contributed by atoms with E-state index in [2.05, 4.69) is 5.32 Å². The summed E-state index contributed by atoms with van der Waals surface area (Å²) in [6.07, 6.45) is -4.17. The van der Waals surface area contributed by atoms with Crippen molar-refractivity contribution in [3.05, 3.63) is 29.3 Å².